The topological polar surface area (TPSA) is 55.1 Å². The Morgan fingerprint density at radius 2 is 1.95 bits per heavy atom. The van der Waals surface area contributed by atoms with Crippen LogP contribution in [0.15, 0.2) is 48.5 Å². The molecule has 3 rings (SSSR count). The third-order valence-electron chi connectivity index (χ3n) is 3.38. The van der Waals surface area contributed by atoms with Gasteiger partial charge in [0.2, 0.25) is 0 Å². The third kappa shape index (κ3) is 2.76. The van der Waals surface area contributed by atoms with E-state index in [4.69, 9.17) is 5.73 Å². The molecule has 4 heteroatoms. The van der Waals surface area contributed by atoms with Crippen molar-refractivity contribution in [1.82, 2.24) is 5.32 Å². The summed E-state index contributed by atoms with van der Waals surface area (Å²) in [4.78, 5) is 12.9. The van der Waals surface area contributed by atoms with E-state index in [0.29, 0.717) is 17.1 Å². The highest BCUT2D eigenvalue weighted by Crippen LogP contribution is 2.34. The molecule has 0 atom stereocenters. The van der Waals surface area contributed by atoms with Crippen LogP contribution in [0.4, 0.5) is 5.69 Å². The molecule has 3 nitrogen and oxygen atoms in total. The minimum atomic E-state index is -0.116. The lowest BCUT2D eigenvalue weighted by molar-refractivity contribution is 0.0956. The Bertz CT molecular complexity index is 793. The summed E-state index contributed by atoms with van der Waals surface area (Å²) in [6.45, 7) is 2.53. The molecule has 0 bridgehead atoms. The molecule has 0 unspecified atom stereocenters. The standard InChI is InChI=1S/C17H16N2OS/c1-11-7-8-14-13(9-11)15(18)16(21-14)17(20)19-10-12-5-3-2-4-6-12/h2-9H,10,18H2,1H3,(H,19,20). The van der Waals surface area contributed by atoms with E-state index in [9.17, 15) is 4.79 Å². The van der Waals surface area contributed by atoms with Crippen molar-refractivity contribution >= 4 is 33.0 Å². The van der Waals surface area contributed by atoms with Crippen LogP contribution in [-0.4, -0.2) is 5.91 Å². The maximum atomic E-state index is 12.3. The highest BCUT2D eigenvalue weighted by Gasteiger charge is 2.16. The Balaban J connectivity index is 1.83. The highest BCUT2D eigenvalue weighted by atomic mass is 32.1. The molecule has 0 aliphatic carbocycles. The molecule has 21 heavy (non-hydrogen) atoms. The van der Waals surface area contributed by atoms with Crippen LogP contribution in [-0.2, 0) is 6.54 Å². The summed E-state index contributed by atoms with van der Waals surface area (Å²) in [6, 6.07) is 15.9. The summed E-state index contributed by atoms with van der Waals surface area (Å²) in [5, 5.41) is 3.89. The van der Waals surface area contributed by atoms with Crippen molar-refractivity contribution in [2.24, 2.45) is 0 Å². The fraction of sp³-hybridized carbons (Fsp3) is 0.118. The Morgan fingerprint density at radius 3 is 2.71 bits per heavy atom. The van der Waals surface area contributed by atoms with Gasteiger partial charge in [0.05, 0.1) is 5.69 Å². The molecule has 0 saturated heterocycles. The molecule has 3 aromatic rings. The summed E-state index contributed by atoms with van der Waals surface area (Å²) in [6.07, 6.45) is 0. The number of nitrogens with two attached hydrogens (primary N) is 1. The zero-order valence-electron chi connectivity index (χ0n) is 11.7. The van der Waals surface area contributed by atoms with E-state index in [1.165, 1.54) is 11.3 Å². The molecule has 1 aromatic heterocycles. The van der Waals surface area contributed by atoms with Gasteiger partial charge < -0.3 is 11.1 Å². The highest BCUT2D eigenvalue weighted by molar-refractivity contribution is 7.21. The summed E-state index contributed by atoms with van der Waals surface area (Å²) in [5.74, 6) is -0.116. The first-order valence-electron chi connectivity index (χ1n) is 6.76. The van der Waals surface area contributed by atoms with Crippen LogP contribution in [0.3, 0.4) is 0 Å². The van der Waals surface area contributed by atoms with Gasteiger partial charge in [-0.25, -0.2) is 0 Å². The Kier molecular flexibility index (Phi) is 3.62. The Labute approximate surface area is 127 Å². The van der Waals surface area contributed by atoms with Gasteiger partial charge in [0.25, 0.3) is 5.91 Å². The summed E-state index contributed by atoms with van der Waals surface area (Å²) in [5.41, 5.74) is 8.91. The second-order valence-corrected chi connectivity index (χ2v) is 6.06. The number of hydrogen-bond acceptors (Lipinski definition) is 3. The number of amides is 1. The molecule has 1 amide bonds. The van der Waals surface area contributed by atoms with Gasteiger partial charge in [-0.3, -0.25) is 4.79 Å². The van der Waals surface area contributed by atoms with Gasteiger partial charge in [-0.05, 0) is 24.6 Å². The average molecular weight is 296 g/mol. The van der Waals surface area contributed by atoms with Crippen LogP contribution in [0, 0.1) is 6.92 Å². The summed E-state index contributed by atoms with van der Waals surface area (Å²) >= 11 is 1.44. The number of aryl methyl sites for hydroxylation is 1. The van der Waals surface area contributed by atoms with Gasteiger partial charge in [-0.15, -0.1) is 11.3 Å². The van der Waals surface area contributed by atoms with E-state index in [1.807, 2.05) is 55.5 Å². The number of benzene rings is 2. The van der Waals surface area contributed by atoms with Crippen LogP contribution in [0.2, 0.25) is 0 Å². The van der Waals surface area contributed by atoms with Gasteiger partial charge in [0, 0.05) is 16.6 Å². The number of thiophene rings is 1. The summed E-state index contributed by atoms with van der Waals surface area (Å²) < 4.78 is 1.04. The first kappa shape index (κ1) is 13.6. The van der Waals surface area contributed by atoms with Crippen molar-refractivity contribution in [2.75, 3.05) is 5.73 Å². The van der Waals surface area contributed by atoms with Gasteiger partial charge in [-0.2, -0.15) is 0 Å². The molecule has 2 aromatic carbocycles. The van der Waals surface area contributed by atoms with Crippen molar-refractivity contribution in [2.45, 2.75) is 13.5 Å². The number of hydrogen-bond donors (Lipinski definition) is 2. The number of nitrogens with one attached hydrogen (secondary N) is 1. The number of anilines is 1. The second kappa shape index (κ2) is 5.58. The van der Waals surface area contributed by atoms with Crippen molar-refractivity contribution in [1.29, 1.82) is 0 Å². The lowest BCUT2D eigenvalue weighted by atomic mass is 10.1. The predicted molar refractivity (Wildman–Crippen MR) is 88.6 cm³/mol. The Hall–Kier alpha value is -2.33. The number of rotatable bonds is 3. The fourth-order valence-electron chi connectivity index (χ4n) is 2.26. The minimum Gasteiger partial charge on any atom is -0.397 e. The lowest BCUT2D eigenvalue weighted by Gasteiger charge is -2.04. The fourth-order valence-corrected chi connectivity index (χ4v) is 3.28. The third-order valence-corrected chi connectivity index (χ3v) is 4.57. The summed E-state index contributed by atoms with van der Waals surface area (Å²) in [7, 11) is 0. The van der Waals surface area contributed by atoms with Gasteiger partial charge in [0.1, 0.15) is 4.88 Å². The van der Waals surface area contributed by atoms with Crippen molar-refractivity contribution in [3.63, 3.8) is 0 Å². The zero-order valence-corrected chi connectivity index (χ0v) is 12.5. The number of fused-ring (bicyclic) bond motifs is 1. The largest absolute Gasteiger partial charge is 0.397 e. The van der Waals surface area contributed by atoms with Crippen LogP contribution in [0.25, 0.3) is 10.1 Å². The molecule has 0 aliphatic heterocycles. The lowest BCUT2D eigenvalue weighted by Crippen LogP contribution is -2.22. The number of carbonyl (C=O) groups excluding carboxylic acids is 1. The monoisotopic (exact) mass is 296 g/mol. The quantitative estimate of drug-likeness (QED) is 0.774. The van der Waals surface area contributed by atoms with Crippen LogP contribution < -0.4 is 11.1 Å². The molecule has 3 N–H and O–H groups in total. The SMILES string of the molecule is Cc1ccc2sc(C(=O)NCc3ccccc3)c(N)c2c1. The van der Waals surface area contributed by atoms with Crippen LogP contribution >= 0.6 is 11.3 Å². The van der Waals surface area contributed by atoms with Crippen molar-refractivity contribution in [3.8, 4) is 0 Å². The number of nitrogen functional groups attached to an aromatic ring is 1. The smallest absolute Gasteiger partial charge is 0.263 e. The maximum Gasteiger partial charge on any atom is 0.263 e. The molecular formula is C17H16N2OS. The molecule has 0 radical (unpaired) electrons. The molecule has 0 saturated carbocycles. The Morgan fingerprint density at radius 1 is 1.19 bits per heavy atom. The van der Waals surface area contributed by atoms with E-state index in [-0.39, 0.29) is 5.91 Å². The number of carbonyl (C=O) groups is 1. The van der Waals surface area contributed by atoms with Crippen LogP contribution in [0.5, 0.6) is 0 Å². The molecule has 0 spiro atoms. The molecule has 0 aliphatic rings. The van der Waals surface area contributed by atoms with Crippen LogP contribution in [0.1, 0.15) is 20.8 Å². The zero-order chi connectivity index (χ0) is 14.8. The normalized spacial score (nSPS) is 10.7. The van der Waals surface area contributed by atoms with E-state index in [0.717, 1.165) is 21.2 Å². The van der Waals surface area contributed by atoms with Gasteiger partial charge in [0.15, 0.2) is 0 Å². The average Bonchev–Trinajstić information content (AvgIpc) is 2.83. The molecular weight excluding hydrogens is 280 g/mol. The van der Waals surface area contributed by atoms with E-state index < -0.39 is 0 Å². The van der Waals surface area contributed by atoms with E-state index in [1.54, 1.807) is 0 Å². The first-order valence-corrected chi connectivity index (χ1v) is 7.57. The predicted octanol–water partition coefficient (Wildman–Crippen LogP) is 3.72. The van der Waals surface area contributed by atoms with Gasteiger partial charge in [-0.1, -0.05) is 42.0 Å². The molecule has 1 heterocycles. The van der Waals surface area contributed by atoms with E-state index >= 15 is 0 Å². The van der Waals surface area contributed by atoms with Crippen molar-refractivity contribution < 1.29 is 4.79 Å². The first-order chi connectivity index (χ1) is 10.1. The van der Waals surface area contributed by atoms with Gasteiger partial charge >= 0.3 is 0 Å². The maximum absolute atomic E-state index is 12.3. The van der Waals surface area contributed by atoms with Crippen molar-refractivity contribution in [3.05, 3.63) is 64.5 Å². The second-order valence-electron chi connectivity index (χ2n) is 5.01. The molecule has 106 valence electrons. The van der Waals surface area contributed by atoms with E-state index in [2.05, 4.69) is 5.32 Å². The minimum absolute atomic E-state index is 0.116. The molecule has 0 fully saturated rings.